The fraction of sp³-hybridized carbons (Fsp3) is 0.467. The summed E-state index contributed by atoms with van der Waals surface area (Å²) >= 11 is 1.10. The molecule has 0 aromatic heterocycles. The Bertz CT molecular complexity index is 490. The summed E-state index contributed by atoms with van der Waals surface area (Å²) in [5, 5.41) is 8.54. The Kier molecular flexibility index (Phi) is 7.08. The molecule has 0 aliphatic heterocycles. The number of aliphatic carboxylic acids is 1. The second kappa shape index (κ2) is 8.56. The zero-order valence-electron chi connectivity index (χ0n) is 12.5. The van der Waals surface area contributed by atoms with Gasteiger partial charge in [0.2, 0.25) is 5.91 Å². The van der Waals surface area contributed by atoms with Crippen LogP contribution in [0.3, 0.4) is 0 Å². The minimum Gasteiger partial charge on any atom is -0.491 e. The average molecular weight is 311 g/mol. The van der Waals surface area contributed by atoms with Crippen LogP contribution >= 0.6 is 11.8 Å². The maximum atomic E-state index is 11.9. The van der Waals surface area contributed by atoms with E-state index in [-0.39, 0.29) is 23.5 Å². The molecule has 1 rings (SSSR count). The molecule has 1 aromatic carbocycles. The van der Waals surface area contributed by atoms with E-state index in [4.69, 9.17) is 9.84 Å². The second-order valence-electron chi connectivity index (χ2n) is 4.95. The SMILES string of the molecule is CC(C)Oc1cccc(CN(C)C(=O)CSCC(=O)O)c1. The summed E-state index contributed by atoms with van der Waals surface area (Å²) in [5.41, 5.74) is 0.979. The maximum Gasteiger partial charge on any atom is 0.313 e. The lowest BCUT2D eigenvalue weighted by atomic mass is 10.2. The molecule has 0 atom stereocenters. The van der Waals surface area contributed by atoms with Crippen LogP contribution in [0.15, 0.2) is 24.3 Å². The summed E-state index contributed by atoms with van der Waals surface area (Å²) in [6.07, 6.45) is 0.104. The van der Waals surface area contributed by atoms with Crippen LogP contribution in [0.25, 0.3) is 0 Å². The van der Waals surface area contributed by atoms with Crippen LogP contribution in [0.2, 0.25) is 0 Å². The molecule has 0 spiro atoms. The van der Waals surface area contributed by atoms with Crippen molar-refractivity contribution in [1.82, 2.24) is 4.90 Å². The number of rotatable bonds is 8. The molecule has 5 nitrogen and oxygen atoms in total. The summed E-state index contributed by atoms with van der Waals surface area (Å²) in [6, 6.07) is 7.62. The van der Waals surface area contributed by atoms with Gasteiger partial charge in [0, 0.05) is 13.6 Å². The summed E-state index contributed by atoms with van der Waals surface area (Å²) in [4.78, 5) is 23.9. The number of benzene rings is 1. The number of hydrogen-bond donors (Lipinski definition) is 1. The van der Waals surface area contributed by atoms with Gasteiger partial charge in [-0.25, -0.2) is 0 Å². The van der Waals surface area contributed by atoms with Crippen molar-refractivity contribution in [3.8, 4) is 5.75 Å². The van der Waals surface area contributed by atoms with E-state index >= 15 is 0 Å². The van der Waals surface area contributed by atoms with Crippen LogP contribution in [0.4, 0.5) is 0 Å². The first-order valence-electron chi connectivity index (χ1n) is 6.67. The van der Waals surface area contributed by atoms with Crippen molar-refractivity contribution >= 4 is 23.6 Å². The molecule has 0 aliphatic carbocycles. The highest BCUT2D eigenvalue weighted by Crippen LogP contribution is 2.16. The lowest BCUT2D eigenvalue weighted by Crippen LogP contribution is -2.28. The van der Waals surface area contributed by atoms with Crippen LogP contribution in [-0.2, 0) is 16.1 Å². The molecule has 0 unspecified atom stereocenters. The van der Waals surface area contributed by atoms with Crippen molar-refractivity contribution in [3.63, 3.8) is 0 Å². The molecule has 0 saturated carbocycles. The van der Waals surface area contributed by atoms with E-state index in [0.717, 1.165) is 23.1 Å². The third kappa shape index (κ3) is 7.04. The number of carboxylic acid groups (broad SMARTS) is 1. The first-order chi connectivity index (χ1) is 9.88. The summed E-state index contributed by atoms with van der Waals surface area (Å²) in [7, 11) is 1.71. The largest absolute Gasteiger partial charge is 0.491 e. The Balaban J connectivity index is 2.51. The van der Waals surface area contributed by atoms with Crippen LogP contribution < -0.4 is 4.74 Å². The quantitative estimate of drug-likeness (QED) is 0.797. The van der Waals surface area contributed by atoms with Gasteiger partial charge in [0.25, 0.3) is 0 Å². The molecule has 6 heteroatoms. The Morgan fingerprint density at radius 1 is 1.33 bits per heavy atom. The van der Waals surface area contributed by atoms with Gasteiger partial charge in [-0.15, -0.1) is 11.8 Å². The third-order valence-electron chi connectivity index (χ3n) is 2.57. The normalized spacial score (nSPS) is 10.5. The highest BCUT2D eigenvalue weighted by molar-refractivity contribution is 8.00. The number of carbonyl (C=O) groups excluding carboxylic acids is 1. The standard InChI is InChI=1S/C15H21NO4S/c1-11(2)20-13-6-4-5-12(7-13)8-16(3)14(17)9-21-10-15(18)19/h4-7,11H,8-10H2,1-3H3,(H,18,19). The molecular weight excluding hydrogens is 290 g/mol. The molecule has 1 amide bonds. The lowest BCUT2D eigenvalue weighted by Gasteiger charge is -2.18. The number of hydrogen-bond acceptors (Lipinski definition) is 4. The average Bonchev–Trinajstić information content (AvgIpc) is 2.37. The topological polar surface area (TPSA) is 66.8 Å². The Labute approximate surface area is 129 Å². The fourth-order valence-corrected chi connectivity index (χ4v) is 2.36. The zero-order chi connectivity index (χ0) is 15.8. The molecule has 0 fully saturated rings. The van der Waals surface area contributed by atoms with E-state index < -0.39 is 5.97 Å². The van der Waals surface area contributed by atoms with Gasteiger partial charge in [-0.05, 0) is 31.5 Å². The third-order valence-corrected chi connectivity index (χ3v) is 3.47. The second-order valence-corrected chi connectivity index (χ2v) is 5.94. The Hall–Kier alpha value is -1.69. The van der Waals surface area contributed by atoms with Gasteiger partial charge in [-0.3, -0.25) is 9.59 Å². The van der Waals surface area contributed by atoms with Crippen molar-refractivity contribution in [3.05, 3.63) is 29.8 Å². The van der Waals surface area contributed by atoms with E-state index in [1.807, 2.05) is 38.1 Å². The molecule has 0 bridgehead atoms. The predicted molar refractivity (Wildman–Crippen MR) is 83.6 cm³/mol. The van der Waals surface area contributed by atoms with Gasteiger partial charge in [0.1, 0.15) is 5.75 Å². The Morgan fingerprint density at radius 2 is 2.05 bits per heavy atom. The highest BCUT2D eigenvalue weighted by Gasteiger charge is 2.11. The number of thioether (sulfide) groups is 1. The summed E-state index contributed by atoms with van der Waals surface area (Å²) < 4.78 is 5.62. The zero-order valence-corrected chi connectivity index (χ0v) is 13.4. The van der Waals surface area contributed by atoms with Gasteiger partial charge in [-0.2, -0.15) is 0 Å². The van der Waals surface area contributed by atoms with Crippen molar-refractivity contribution in [2.45, 2.75) is 26.5 Å². The number of nitrogens with zero attached hydrogens (tertiary/aromatic N) is 1. The highest BCUT2D eigenvalue weighted by atomic mass is 32.2. The number of ether oxygens (including phenoxy) is 1. The van der Waals surface area contributed by atoms with Crippen LogP contribution in [0.1, 0.15) is 19.4 Å². The summed E-state index contributed by atoms with van der Waals surface area (Å²) in [5.74, 6) is -0.100. The molecule has 0 aliphatic rings. The number of amides is 1. The smallest absolute Gasteiger partial charge is 0.313 e. The first kappa shape index (κ1) is 17.4. The molecular formula is C15H21NO4S. The van der Waals surface area contributed by atoms with Crippen LogP contribution in [0, 0.1) is 0 Å². The monoisotopic (exact) mass is 311 g/mol. The maximum absolute atomic E-state index is 11.9. The molecule has 0 radical (unpaired) electrons. The minimum absolute atomic E-state index is 0.0582. The number of carbonyl (C=O) groups is 2. The summed E-state index contributed by atoms with van der Waals surface area (Å²) in [6.45, 7) is 4.39. The van der Waals surface area contributed by atoms with Gasteiger partial charge in [-0.1, -0.05) is 12.1 Å². The first-order valence-corrected chi connectivity index (χ1v) is 7.83. The predicted octanol–water partition coefficient (Wildman–Crippen LogP) is 2.25. The van der Waals surface area contributed by atoms with Crippen molar-refractivity contribution in [1.29, 1.82) is 0 Å². The van der Waals surface area contributed by atoms with Crippen molar-refractivity contribution < 1.29 is 19.4 Å². The van der Waals surface area contributed by atoms with Crippen LogP contribution in [0.5, 0.6) is 5.75 Å². The Morgan fingerprint density at radius 3 is 2.67 bits per heavy atom. The molecule has 0 heterocycles. The van der Waals surface area contributed by atoms with E-state index in [0.29, 0.717) is 6.54 Å². The van der Waals surface area contributed by atoms with Gasteiger partial charge in [0.05, 0.1) is 17.6 Å². The molecule has 0 saturated heterocycles. The fourth-order valence-electron chi connectivity index (χ4n) is 1.69. The van der Waals surface area contributed by atoms with Crippen molar-refractivity contribution in [2.24, 2.45) is 0 Å². The molecule has 1 N–H and O–H groups in total. The van der Waals surface area contributed by atoms with Crippen LogP contribution in [-0.4, -0.2) is 46.5 Å². The van der Waals surface area contributed by atoms with Gasteiger partial charge < -0.3 is 14.7 Å². The van der Waals surface area contributed by atoms with E-state index in [1.54, 1.807) is 11.9 Å². The molecule has 116 valence electrons. The molecule has 1 aromatic rings. The van der Waals surface area contributed by atoms with Gasteiger partial charge >= 0.3 is 5.97 Å². The minimum atomic E-state index is -0.908. The van der Waals surface area contributed by atoms with E-state index in [9.17, 15) is 9.59 Å². The van der Waals surface area contributed by atoms with Crippen molar-refractivity contribution in [2.75, 3.05) is 18.6 Å². The molecule has 21 heavy (non-hydrogen) atoms. The van der Waals surface area contributed by atoms with E-state index in [1.165, 1.54) is 0 Å². The number of carboxylic acids is 1. The van der Waals surface area contributed by atoms with Gasteiger partial charge in [0.15, 0.2) is 0 Å². The van der Waals surface area contributed by atoms with E-state index in [2.05, 4.69) is 0 Å². The lowest BCUT2D eigenvalue weighted by molar-refractivity contribution is -0.133.